The molecular weight excluding hydrogens is 414 g/mol. The zero-order chi connectivity index (χ0) is 23.5. The molecule has 7 heteroatoms. The van der Waals surface area contributed by atoms with Crippen molar-refractivity contribution < 1.29 is 4.79 Å². The van der Waals surface area contributed by atoms with Crippen LogP contribution >= 0.6 is 0 Å². The molecule has 2 aromatic rings. The Hall–Kier alpha value is -2.80. The van der Waals surface area contributed by atoms with E-state index in [-0.39, 0.29) is 18.0 Å². The van der Waals surface area contributed by atoms with Crippen molar-refractivity contribution in [2.75, 3.05) is 43.0 Å². The minimum atomic E-state index is -0.138. The van der Waals surface area contributed by atoms with Gasteiger partial charge in [0.05, 0.1) is 0 Å². The second kappa shape index (κ2) is 10.00. The number of rotatable bonds is 6. The molecule has 2 fully saturated rings. The maximum absolute atomic E-state index is 13.4. The zero-order valence-corrected chi connectivity index (χ0v) is 20.4. The smallest absolute Gasteiger partial charge is 0.253 e. The van der Waals surface area contributed by atoms with Crippen LogP contribution in [0.5, 0.6) is 0 Å². The van der Waals surface area contributed by atoms with Gasteiger partial charge in [-0.05, 0) is 62.9 Å². The number of hydrogen-bond acceptors (Lipinski definition) is 5. The molecule has 0 spiro atoms. The van der Waals surface area contributed by atoms with Crippen LogP contribution in [0.1, 0.15) is 58.4 Å². The Balaban J connectivity index is 1.64. The van der Waals surface area contributed by atoms with E-state index in [0.29, 0.717) is 17.2 Å². The van der Waals surface area contributed by atoms with E-state index in [2.05, 4.69) is 38.5 Å². The molecule has 33 heavy (non-hydrogen) atoms. The number of piperazine rings is 1. The summed E-state index contributed by atoms with van der Waals surface area (Å²) < 4.78 is 0. The van der Waals surface area contributed by atoms with Gasteiger partial charge in [0.1, 0.15) is 0 Å². The van der Waals surface area contributed by atoms with Crippen molar-refractivity contribution in [2.45, 2.75) is 59.0 Å². The number of amides is 1. The molecule has 1 aromatic heterocycles. The van der Waals surface area contributed by atoms with Gasteiger partial charge >= 0.3 is 0 Å². The molecule has 7 nitrogen and oxygen atoms in total. The molecule has 1 saturated carbocycles. The number of hydrogen-bond donors (Lipinski definition) is 3. The van der Waals surface area contributed by atoms with Gasteiger partial charge in [-0.25, -0.2) is 0 Å². The number of aryl methyl sites for hydroxylation is 2. The summed E-state index contributed by atoms with van der Waals surface area (Å²) in [5.74, 6) is -0.134. The Labute approximate surface area is 196 Å². The third kappa shape index (κ3) is 5.08. The fourth-order valence-corrected chi connectivity index (χ4v) is 5.25. The Bertz CT molecular complexity index is 1070. The largest absolute Gasteiger partial charge is 0.371 e. The van der Waals surface area contributed by atoms with E-state index in [1.54, 1.807) is 0 Å². The normalized spacial score (nSPS) is 16.8. The van der Waals surface area contributed by atoms with Crippen molar-refractivity contribution in [2.24, 2.45) is 0 Å². The molecule has 178 valence electrons. The summed E-state index contributed by atoms with van der Waals surface area (Å²) in [5.41, 5.74) is 6.09. The highest BCUT2D eigenvalue weighted by Crippen LogP contribution is 2.34. The van der Waals surface area contributed by atoms with Gasteiger partial charge < -0.3 is 25.4 Å². The summed E-state index contributed by atoms with van der Waals surface area (Å²) >= 11 is 0. The molecule has 0 unspecified atom stereocenters. The number of nitrogens with one attached hydrogen (secondary N) is 3. The third-order valence-electron chi connectivity index (χ3n) is 7.26. The van der Waals surface area contributed by atoms with Crippen LogP contribution in [0.3, 0.4) is 0 Å². The number of nitrogens with zero attached hydrogens (tertiary/aromatic N) is 2. The monoisotopic (exact) mass is 451 g/mol. The van der Waals surface area contributed by atoms with E-state index < -0.39 is 0 Å². The highest BCUT2D eigenvalue weighted by atomic mass is 16.1. The second-order valence-electron chi connectivity index (χ2n) is 9.55. The molecule has 4 rings (SSSR count). The van der Waals surface area contributed by atoms with Crippen molar-refractivity contribution in [3.05, 3.63) is 56.5 Å². The van der Waals surface area contributed by atoms with Crippen LogP contribution < -0.4 is 26.0 Å². The molecule has 0 bridgehead atoms. The third-order valence-corrected chi connectivity index (χ3v) is 7.26. The van der Waals surface area contributed by atoms with Gasteiger partial charge in [-0.2, -0.15) is 0 Å². The molecule has 1 aromatic carbocycles. The van der Waals surface area contributed by atoms with E-state index in [9.17, 15) is 9.59 Å². The first-order valence-corrected chi connectivity index (χ1v) is 12.2. The second-order valence-corrected chi connectivity index (χ2v) is 9.55. The minimum absolute atomic E-state index is 0.134. The number of aromatic nitrogens is 1. The van der Waals surface area contributed by atoms with Gasteiger partial charge in [0.25, 0.3) is 11.5 Å². The Kier molecular flexibility index (Phi) is 7.08. The van der Waals surface area contributed by atoms with Gasteiger partial charge in [0.2, 0.25) is 0 Å². The molecule has 0 atom stereocenters. The first-order valence-electron chi connectivity index (χ1n) is 12.2. The first-order chi connectivity index (χ1) is 15.8. The Morgan fingerprint density at radius 3 is 2.48 bits per heavy atom. The molecule has 2 aliphatic rings. The topological polar surface area (TPSA) is 80.5 Å². The molecule has 3 N–H and O–H groups in total. The van der Waals surface area contributed by atoms with Crippen molar-refractivity contribution in [3.63, 3.8) is 0 Å². The Morgan fingerprint density at radius 1 is 1.12 bits per heavy atom. The predicted octanol–water partition coefficient (Wildman–Crippen LogP) is 3.02. The summed E-state index contributed by atoms with van der Waals surface area (Å²) in [6.45, 7) is 9.77. The predicted molar refractivity (Wildman–Crippen MR) is 135 cm³/mol. The van der Waals surface area contributed by atoms with Gasteiger partial charge in [-0.15, -0.1) is 0 Å². The summed E-state index contributed by atoms with van der Waals surface area (Å²) in [5, 5.41) is 6.42. The van der Waals surface area contributed by atoms with Gasteiger partial charge in [-0.1, -0.05) is 12.8 Å². The van der Waals surface area contributed by atoms with Crippen molar-refractivity contribution >= 4 is 17.3 Å². The summed E-state index contributed by atoms with van der Waals surface area (Å²) in [6, 6.07) is 6.73. The lowest BCUT2D eigenvalue weighted by Crippen LogP contribution is -2.43. The number of anilines is 2. The maximum Gasteiger partial charge on any atom is 0.253 e. The maximum atomic E-state index is 13.4. The van der Waals surface area contributed by atoms with Crippen molar-refractivity contribution in [1.82, 2.24) is 15.6 Å². The highest BCUT2D eigenvalue weighted by Gasteiger charge is 2.25. The molecule has 1 aliphatic carbocycles. The van der Waals surface area contributed by atoms with Crippen LogP contribution in [0.25, 0.3) is 0 Å². The van der Waals surface area contributed by atoms with Crippen LogP contribution in [-0.2, 0) is 6.54 Å². The zero-order valence-electron chi connectivity index (χ0n) is 20.4. The number of benzene rings is 1. The van der Waals surface area contributed by atoms with Crippen molar-refractivity contribution in [1.29, 1.82) is 0 Å². The van der Waals surface area contributed by atoms with E-state index in [1.165, 1.54) is 25.7 Å². The SMILES string of the molecule is Cc1cc(C)c(CNC(=O)c2cc(N3CCNCC3)cc(N(C)C3CCCC3)c2C)c(=O)[nH]1. The first kappa shape index (κ1) is 23.4. The van der Waals surface area contributed by atoms with Crippen LogP contribution in [0, 0.1) is 20.8 Å². The molecule has 2 heterocycles. The lowest BCUT2D eigenvalue weighted by Gasteiger charge is -2.33. The van der Waals surface area contributed by atoms with E-state index in [4.69, 9.17) is 0 Å². The average molecular weight is 452 g/mol. The van der Waals surface area contributed by atoms with Crippen molar-refractivity contribution in [3.8, 4) is 0 Å². The fraction of sp³-hybridized carbons (Fsp3) is 0.538. The molecule has 0 radical (unpaired) electrons. The number of aromatic amines is 1. The van der Waals surface area contributed by atoms with Crippen LogP contribution in [0.15, 0.2) is 23.0 Å². The van der Waals surface area contributed by atoms with Gasteiger partial charge in [0.15, 0.2) is 0 Å². The van der Waals surface area contributed by atoms with E-state index in [1.807, 2.05) is 32.9 Å². The lowest BCUT2D eigenvalue weighted by molar-refractivity contribution is 0.0950. The molecule has 1 aliphatic heterocycles. The molecular formula is C26H37N5O2. The Morgan fingerprint density at radius 2 is 1.82 bits per heavy atom. The summed E-state index contributed by atoms with van der Waals surface area (Å²) in [6.07, 6.45) is 4.93. The lowest BCUT2D eigenvalue weighted by atomic mass is 10.0. The molecule has 1 amide bonds. The van der Waals surface area contributed by atoms with Gasteiger partial charge in [-0.3, -0.25) is 9.59 Å². The number of carbonyl (C=O) groups excluding carboxylic acids is 1. The minimum Gasteiger partial charge on any atom is -0.371 e. The average Bonchev–Trinajstić information content (AvgIpc) is 3.33. The quantitative estimate of drug-likeness (QED) is 0.629. The standard InChI is InChI=1S/C26H37N5O2/c1-17-13-18(2)29-26(33)23(17)16-28-25(32)22-14-21(31-11-9-27-10-12-31)15-24(19(22)3)30(4)20-7-5-6-8-20/h13-15,20,27H,5-12,16H2,1-4H3,(H,28,32)(H,29,33). The van der Waals surface area contributed by atoms with E-state index in [0.717, 1.165) is 54.4 Å². The van der Waals surface area contributed by atoms with Crippen LogP contribution in [0.4, 0.5) is 11.4 Å². The highest BCUT2D eigenvalue weighted by molar-refractivity contribution is 5.98. The van der Waals surface area contributed by atoms with E-state index >= 15 is 0 Å². The fourth-order valence-electron chi connectivity index (χ4n) is 5.25. The number of pyridine rings is 1. The van der Waals surface area contributed by atoms with Crippen LogP contribution in [0.2, 0.25) is 0 Å². The summed E-state index contributed by atoms with van der Waals surface area (Å²) in [7, 11) is 2.16. The van der Waals surface area contributed by atoms with Crippen LogP contribution in [-0.4, -0.2) is 50.2 Å². The summed E-state index contributed by atoms with van der Waals surface area (Å²) in [4.78, 5) is 33.4. The number of H-pyrrole nitrogens is 1. The molecule has 1 saturated heterocycles. The van der Waals surface area contributed by atoms with Gasteiger partial charge in [0, 0.05) is 74.0 Å². The number of carbonyl (C=O) groups is 1.